The molecular formula is C25H37N3O4. The average Bonchev–Trinajstić information content (AvgIpc) is 3.75. The Morgan fingerprint density at radius 2 is 1.72 bits per heavy atom. The molecule has 6 rings (SSSR count). The van der Waals surface area contributed by atoms with E-state index in [4.69, 9.17) is 14.2 Å². The summed E-state index contributed by atoms with van der Waals surface area (Å²) in [5, 5.41) is 11.7. The number of para-hydroxylation sites is 2. The molecule has 0 radical (unpaired) electrons. The van der Waals surface area contributed by atoms with Crippen LogP contribution in [0.15, 0.2) is 24.3 Å². The van der Waals surface area contributed by atoms with Gasteiger partial charge in [-0.25, -0.2) is 0 Å². The van der Waals surface area contributed by atoms with Crippen molar-refractivity contribution < 1.29 is 19.3 Å². The largest absolute Gasteiger partial charge is 0.495 e. The van der Waals surface area contributed by atoms with Crippen LogP contribution < -0.4 is 9.64 Å². The third kappa shape index (κ3) is 4.14. The van der Waals surface area contributed by atoms with E-state index in [0.29, 0.717) is 6.61 Å². The maximum absolute atomic E-state index is 11.7. The molecule has 3 saturated heterocycles. The van der Waals surface area contributed by atoms with Crippen molar-refractivity contribution in [2.24, 2.45) is 11.8 Å². The van der Waals surface area contributed by atoms with Crippen LogP contribution in [0.2, 0.25) is 0 Å². The van der Waals surface area contributed by atoms with E-state index in [2.05, 4.69) is 26.8 Å². The molecule has 1 aromatic carbocycles. The van der Waals surface area contributed by atoms with E-state index in [1.54, 1.807) is 7.11 Å². The van der Waals surface area contributed by atoms with Crippen LogP contribution in [0.1, 0.15) is 25.7 Å². The first-order chi connectivity index (χ1) is 15.7. The zero-order valence-corrected chi connectivity index (χ0v) is 19.1. The minimum Gasteiger partial charge on any atom is -0.495 e. The number of fused-ring (bicyclic) bond motifs is 2. The number of anilines is 1. The normalized spacial score (nSPS) is 35.5. The quantitative estimate of drug-likeness (QED) is 0.657. The van der Waals surface area contributed by atoms with Crippen molar-refractivity contribution in [3.05, 3.63) is 24.3 Å². The fourth-order valence-corrected chi connectivity index (χ4v) is 5.95. The molecule has 3 heterocycles. The number of rotatable bonds is 8. The molecule has 0 spiro atoms. The average molecular weight is 444 g/mol. The Kier molecular flexibility index (Phi) is 5.80. The molecule has 0 aromatic heterocycles. The Labute approximate surface area is 191 Å². The lowest BCUT2D eigenvalue weighted by molar-refractivity contribution is -0.199. The van der Waals surface area contributed by atoms with Crippen molar-refractivity contribution in [3.8, 4) is 5.75 Å². The topological polar surface area (TPSA) is 57.6 Å². The van der Waals surface area contributed by atoms with Crippen LogP contribution in [-0.4, -0.2) is 98.5 Å². The number of ether oxygens (including phenoxy) is 3. The van der Waals surface area contributed by atoms with Gasteiger partial charge in [-0.1, -0.05) is 12.1 Å². The molecule has 5 aliphatic rings. The lowest BCUT2D eigenvalue weighted by atomic mass is 9.92. The maximum Gasteiger partial charge on any atom is 0.176 e. The van der Waals surface area contributed by atoms with Crippen molar-refractivity contribution >= 4 is 5.69 Å². The standard InChI is InChI=1S/C25H37N3O4/c1-30-20-5-3-2-4-19(20)26-10-12-27(13-11-26)23-24(29)22(21-16-31-25(23)32-21)28(14-17-6-7-17)15-18-8-9-18/h2-5,17-18,21-25,29H,6-16H2,1H3/t21-,22-,23-,24+,25-/m1/s1. The SMILES string of the molecule is COc1ccccc1N1CCN([C@H]2[C@@H]3OC[C@@H](O3)[C@@H](N(CC3CC3)CC3CC3)[C@@H]2O)CC1. The summed E-state index contributed by atoms with van der Waals surface area (Å²) in [6.07, 6.45) is 4.60. The second kappa shape index (κ2) is 8.76. The first-order valence-electron chi connectivity index (χ1n) is 12.5. The minimum absolute atomic E-state index is 0.00128. The maximum atomic E-state index is 11.7. The van der Waals surface area contributed by atoms with Gasteiger partial charge in [0.25, 0.3) is 0 Å². The molecule has 1 aromatic rings. The highest BCUT2D eigenvalue weighted by Gasteiger charge is 2.54. The van der Waals surface area contributed by atoms with Crippen molar-refractivity contribution in [3.63, 3.8) is 0 Å². The van der Waals surface area contributed by atoms with Crippen molar-refractivity contribution in [1.82, 2.24) is 9.80 Å². The molecule has 5 atom stereocenters. The van der Waals surface area contributed by atoms with Crippen LogP contribution in [0.3, 0.4) is 0 Å². The van der Waals surface area contributed by atoms with Crippen LogP contribution in [0.25, 0.3) is 0 Å². The smallest absolute Gasteiger partial charge is 0.176 e. The summed E-state index contributed by atoms with van der Waals surface area (Å²) in [7, 11) is 1.73. The highest BCUT2D eigenvalue weighted by Crippen LogP contribution is 2.40. The third-order valence-corrected chi connectivity index (χ3v) is 8.06. The number of benzene rings is 1. The predicted molar refractivity (Wildman–Crippen MR) is 122 cm³/mol. The van der Waals surface area contributed by atoms with E-state index in [1.807, 2.05) is 12.1 Å². The Morgan fingerprint density at radius 3 is 2.38 bits per heavy atom. The molecule has 2 saturated carbocycles. The van der Waals surface area contributed by atoms with Gasteiger partial charge in [-0.3, -0.25) is 9.80 Å². The second-order valence-corrected chi connectivity index (χ2v) is 10.4. The Balaban J connectivity index is 1.16. The van der Waals surface area contributed by atoms with E-state index >= 15 is 0 Å². The van der Waals surface area contributed by atoms with Crippen molar-refractivity contribution in [2.45, 2.75) is 56.3 Å². The van der Waals surface area contributed by atoms with Gasteiger partial charge in [-0.05, 0) is 49.7 Å². The number of hydrogen-bond donors (Lipinski definition) is 1. The van der Waals surface area contributed by atoms with E-state index in [0.717, 1.165) is 62.5 Å². The monoisotopic (exact) mass is 443 g/mol. The first-order valence-corrected chi connectivity index (χ1v) is 12.5. The number of piperazine rings is 1. The van der Waals surface area contributed by atoms with Crippen LogP contribution in [0, 0.1) is 11.8 Å². The summed E-state index contributed by atoms with van der Waals surface area (Å²) in [6.45, 7) is 6.39. The molecule has 7 heteroatoms. The molecule has 3 aliphatic heterocycles. The second-order valence-electron chi connectivity index (χ2n) is 10.4. The number of aliphatic hydroxyl groups is 1. The molecular weight excluding hydrogens is 406 g/mol. The van der Waals surface area contributed by atoms with Gasteiger partial charge in [0, 0.05) is 39.3 Å². The molecule has 176 valence electrons. The van der Waals surface area contributed by atoms with E-state index in [-0.39, 0.29) is 24.5 Å². The molecule has 32 heavy (non-hydrogen) atoms. The van der Waals surface area contributed by atoms with Crippen molar-refractivity contribution in [1.29, 1.82) is 0 Å². The zero-order chi connectivity index (χ0) is 21.7. The Morgan fingerprint density at radius 1 is 1.03 bits per heavy atom. The zero-order valence-electron chi connectivity index (χ0n) is 19.1. The van der Waals surface area contributed by atoms with Gasteiger partial charge in [-0.2, -0.15) is 0 Å². The van der Waals surface area contributed by atoms with Gasteiger partial charge in [0.05, 0.1) is 37.6 Å². The molecule has 0 unspecified atom stereocenters. The van der Waals surface area contributed by atoms with Crippen molar-refractivity contribution in [2.75, 3.05) is 57.9 Å². The predicted octanol–water partition coefficient (Wildman–Crippen LogP) is 1.79. The van der Waals surface area contributed by atoms with Gasteiger partial charge in [0.2, 0.25) is 0 Å². The van der Waals surface area contributed by atoms with Crippen LogP contribution in [0.5, 0.6) is 5.75 Å². The Hall–Kier alpha value is -1.38. The number of nitrogens with zero attached hydrogens (tertiary/aromatic N) is 3. The minimum atomic E-state index is -0.434. The summed E-state index contributed by atoms with van der Waals surface area (Å²) in [6, 6.07) is 8.17. The number of methoxy groups -OCH3 is 1. The Bertz CT molecular complexity index is 779. The summed E-state index contributed by atoms with van der Waals surface area (Å²) in [5.41, 5.74) is 1.14. The van der Waals surface area contributed by atoms with Gasteiger partial charge in [0.15, 0.2) is 6.29 Å². The lowest BCUT2D eigenvalue weighted by Crippen LogP contribution is -2.67. The van der Waals surface area contributed by atoms with E-state index < -0.39 is 6.10 Å². The van der Waals surface area contributed by atoms with Gasteiger partial charge in [0.1, 0.15) is 11.9 Å². The third-order valence-electron chi connectivity index (χ3n) is 8.06. The van der Waals surface area contributed by atoms with Gasteiger partial charge in [-0.15, -0.1) is 0 Å². The summed E-state index contributed by atoms with van der Waals surface area (Å²) < 4.78 is 18.1. The fraction of sp³-hybridized carbons (Fsp3) is 0.760. The lowest BCUT2D eigenvalue weighted by Gasteiger charge is -2.49. The first kappa shape index (κ1) is 21.2. The van der Waals surface area contributed by atoms with E-state index in [9.17, 15) is 5.11 Å². The summed E-state index contributed by atoms with van der Waals surface area (Å²) >= 11 is 0. The summed E-state index contributed by atoms with van der Waals surface area (Å²) in [4.78, 5) is 7.36. The molecule has 1 N–H and O–H groups in total. The number of hydrogen-bond acceptors (Lipinski definition) is 7. The van der Waals surface area contributed by atoms with Crippen LogP contribution >= 0.6 is 0 Å². The van der Waals surface area contributed by atoms with Gasteiger partial charge < -0.3 is 24.2 Å². The van der Waals surface area contributed by atoms with Crippen LogP contribution in [-0.2, 0) is 9.47 Å². The van der Waals surface area contributed by atoms with Crippen LogP contribution in [0.4, 0.5) is 5.69 Å². The molecule has 5 fully saturated rings. The molecule has 2 aliphatic carbocycles. The fourth-order valence-electron chi connectivity index (χ4n) is 5.95. The number of aliphatic hydroxyl groups excluding tert-OH is 1. The molecule has 2 bridgehead atoms. The highest BCUT2D eigenvalue weighted by molar-refractivity contribution is 5.58. The molecule has 0 amide bonds. The molecule has 7 nitrogen and oxygen atoms in total. The van der Waals surface area contributed by atoms with E-state index in [1.165, 1.54) is 25.7 Å². The van der Waals surface area contributed by atoms with Gasteiger partial charge >= 0.3 is 0 Å². The highest BCUT2D eigenvalue weighted by atomic mass is 16.7. The summed E-state index contributed by atoms with van der Waals surface area (Å²) in [5.74, 6) is 2.53.